The largest absolute Gasteiger partial charge is 0.482 e. The van der Waals surface area contributed by atoms with Gasteiger partial charge in [0.1, 0.15) is 5.75 Å². The van der Waals surface area contributed by atoms with Crippen molar-refractivity contribution in [1.29, 1.82) is 0 Å². The lowest BCUT2D eigenvalue weighted by Crippen LogP contribution is -2.22. The van der Waals surface area contributed by atoms with Crippen LogP contribution in [0.25, 0.3) is 0 Å². The second-order valence-electron chi connectivity index (χ2n) is 5.01. The third-order valence-electron chi connectivity index (χ3n) is 2.34. The molecule has 0 saturated carbocycles. The lowest BCUT2D eigenvalue weighted by atomic mass is 10.2. The minimum absolute atomic E-state index is 0.0563. The van der Waals surface area contributed by atoms with Gasteiger partial charge in [0.05, 0.1) is 6.10 Å². The zero-order valence-corrected chi connectivity index (χ0v) is 12.1. The molecule has 1 aromatic carbocycles. The molecule has 0 aliphatic carbocycles. The highest BCUT2D eigenvalue weighted by Crippen LogP contribution is 2.13. The smallest absolute Gasteiger partial charge is 0.344 e. The Kier molecular flexibility index (Phi) is 6.36. The van der Waals surface area contributed by atoms with Gasteiger partial charge in [-0.05, 0) is 31.5 Å². The molecule has 0 aliphatic heterocycles. The third-order valence-corrected chi connectivity index (χ3v) is 2.34. The number of esters is 1. The maximum atomic E-state index is 11.4. The van der Waals surface area contributed by atoms with Gasteiger partial charge in [0.15, 0.2) is 6.61 Å². The number of ether oxygens (including phenoxy) is 2. The number of nitrogens with one attached hydrogen (secondary N) is 1. The normalized spacial score (nSPS) is 10.8. The van der Waals surface area contributed by atoms with Crippen LogP contribution in [0, 0.1) is 0 Å². The minimum Gasteiger partial charge on any atom is -0.482 e. The van der Waals surface area contributed by atoms with E-state index in [1.54, 1.807) is 0 Å². The fourth-order valence-corrected chi connectivity index (χ4v) is 1.51. The second kappa shape index (κ2) is 7.79. The molecule has 0 bridgehead atoms. The molecule has 1 N–H and O–H groups in total. The maximum Gasteiger partial charge on any atom is 0.344 e. The molecule has 0 spiro atoms. The average molecular weight is 265 g/mol. The lowest BCUT2D eigenvalue weighted by Gasteiger charge is -2.11. The SMILES string of the molecule is CC(C)NCc1cccc(OCC(=O)OC(C)C)c1. The van der Waals surface area contributed by atoms with E-state index in [9.17, 15) is 4.79 Å². The van der Waals surface area contributed by atoms with Gasteiger partial charge < -0.3 is 14.8 Å². The van der Waals surface area contributed by atoms with Crippen LogP contribution in [-0.4, -0.2) is 24.7 Å². The van der Waals surface area contributed by atoms with E-state index in [2.05, 4.69) is 19.2 Å². The van der Waals surface area contributed by atoms with Crippen molar-refractivity contribution < 1.29 is 14.3 Å². The summed E-state index contributed by atoms with van der Waals surface area (Å²) >= 11 is 0. The van der Waals surface area contributed by atoms with E-state index in [0.717, 1.165) is 12.1 Å². The average Bonchev–Trinajstić information content (AvgIpc) is 2.34. The van der Waals surface area contributed by atoms with E-state index in [-0.39, 0.29) is 18.7 Å². The summed E-state index contributed by atoms with van der Waals surface area (Å²) in [5, 5.41) is 3.33. The number of carbonyl (C=O) groups is 1. The van der Waals surface area contributed by atoms with Crippen molar-refractivity contribution in [3.05, 3.63) is 29.8 Å². The maximum absolute atomic E-state index is 11.4. The zero-order chi connectivity index (χ0) is 14.3. The van der Waals surface area contributed by atoms with Gasteiger partial charge >= 0.3 is 5.97 Å². The molecule has 0 amide bonds. The molecule has 0 atom stereocenters. The summed E-state index contributed by atoms with van der Waals surface area (Å²) in [5.41, 5.74) is 1.13. The highest BCUT2D eigenvalue weighted by atomic mass is 16.6. The van der Waals surface area contributed by atoms with Crippen molar-refractivity contribution in [2.24, 2.45) is 0 Å². The summed E-state index contributed by atoms with van der Waals surface area (Å²) in [6, 6.07) is 8.14. The predicted molar refractivity (Wildman–Crippen MR) is 75.1 cm³/mol. The van der Waals surface area contributed by atoms with E-state index in [0.29, 0.717) is 11.8 Å². The van der Waals surface area contributed by atoms with Crippen LogP contribution >= 0.6 is 0 Å². The van der Waals surface area contributed by atoms with Crippen LogP contribution in [0.2, 0.25) is 0 Å². The molecular weight excluding hydrogens is 242 g/mol. The first-order valence-electron chi connectivity index (χ1n) is 6.62. The van der Waals surface area contributed by atoms with Crippen LogP contribution in [0.4, 0.5) is 0 Å². The highest BCUT2D eigenvalue weighted by Gasteiger charge is 2.06. The number of benzene rings is 1. The van der Waals surface area contributed by atoms with Gasteiger partial charge in [0, 0.05) is 12.6 Å². The Bertz CT molecular complexity index is 402. The molecule has 0 unspecified atom stereocenters. The standard InChI is InChI=1S/C15H23NO3/c1-11(2)16-9-13-6-5-7-14(8-13)18-10-15(17)19-12(3)4/h5-8,11-12,16H,9-10H2,1-4H3. The van der Waals surface area contributed by atoms with Crippen molar-refractivity contribution >= 4 is 5.97 Å². The van der Waals surface area contributed by atoms with Gasteiger partial charge in [-0.3, -0.25) is 0 Å². The Labute approximate surface area is 115 Å². The molecule has 4 nitrogen and oxygen atoms in total. The first-order valence-corrected chi connectivity index (χ1v) is 6.62. The molecule has 19 heavy (non-hydrogen) atoms. The Hall–Kier alpha value is -1.55. The number of hydrogen-bond acceptors (Lipinski definition) is 4. The third kappa shape index (κ3) is 6.82. The fraction of sp³-hybridized carbons (Fsp3) is 0.533. The van der Waals surface area contributed by atoms with E-state index >= 15 is 0 Å². The van der Waals surface area contributed by atoms with Crippen LogP contribution < -0.4 is 10.1 Å². The van der Waals surface area contributed by atoms with Crippen molar-refractivity contribution in [1.82, 2.24) is 5.32 Å². The number of rotatable bonds is 7. The lowest BCUT2D eigenvalue weighted by molar-refractivity contribution is -0.149. The van der Waals surface area contributed by atoms with Gasteiger partial charge in [-0.1, -0.05) is 26.0 Å². The van der Waals surface area contributed by atoms with Gasteiger partial charge in [-0.15, -0.1) is 0 Å². The molecule has 106 valence electrons. The summed E-state index contributed by atoms with van der Waals surface area (Å²) in [6.45, 7) is 8.56. The van der Waals surface area contributed by atoms with Crippen LogP contribution in [0.5, 0.6) is 5.75 Å². The van der Waals surface area contributed by atoms with Gasteiger partial charge in [0.2, 0.25) is 0 Å². The van der Waals surface area contributed by atoms with Gasteiger partial charge in [0.25, 0.3) is 0 Å². The van der Waals surface area contributed by atoms with Crippen LogP contribution in [0.15, 0.2) is 24.3 Å². The van der Waals surface area contributed by atoms with Gasteiger partial charge in [-0.2, -0.15) is 0 Å². The summed E-state index contributed by atoms with van der Waals surface area (Å²) in [5.74, 6) is 0.337. The quantitative estimate of drug-likeness (QED) is 0.770. The van der Waals surface area contributed by atoms with Crippen molar-refractivity contribution in [2.45, 2.75) is 46.4 Å². The van der Waals surface area contributed by atoms with Crippen molar-refractivity contribution in [3.8, 4) is 5.75 Å². The predicted octanol–water partition coefficient (Wildman–Crippen LogP) is 2.52. The summed E-state index contributed by atoms with van der Waals surface area (Å²) in [6.07, 6.45) is -0.113. The minimum atomic E-state index is -0.347. The Balaban J connectivity index is 2.45. The summed E-state index contributed by atoms with van der Waals surface area (Å²) < 4.78 is 10.4. The van der Waals surface area contributed by atoms with E-state index in [1.165, 1.54) is 0 Å². The fourth-order valence-electron chi connectivity index (χ4n) is 1.51. The zero-order valence-electron chi connectivity index (χ0n) is 12.1. The Morgan fingerprint density at radius 1 is 1.26 bits per heavy atom. The topological polar surface area (TPSA) is 47.6 Å². The van der Waals surface area contributed by atoms with Crippen molar-refractivity contribution in [3.63, 3.8) is 0 Å². The monoisotopic (exact) mass is 265 g/mol. The molecule has 1 rings (SSSR count). The molecule has 0 aromatic heterocycles. The first-order chi connectivity index (χ1) is 8.97. The molecule has 0 radical (unpaired) electrons. The molecule has 0 fully saturated rings. The second-order valence-corrected chi connectivity index (χ2v) is 5.01. The van der Waals surface area contributed by atoms with Gasteiger partial charge in [-0.25, -0.2) is 4.79 Å². The van der Waals surface area contributed by atoms with E-state index in [1.807, 2.05) is 38.1 Å². The first kappa shape index (κ1) is 15.5. The molecule has 0 saturated heterocycles. The number of hydrogen-bond donors (Lipinski definition) is 1. The van der Waals surface area contributed by atoms with Crippen molar-refractivity contribution in [2.75, 3.05) is 6.61 Å². The summed E-state index contributed by atoms with van der Waals surface area (Å²) in [4.78, 5) is 11.4. The number of carbonyl (C=O) groups excluding carboxylic acids is 1. The van der Waals surface area contributed by atoms with Crippen LogP contribution in [0.3, 0.4) is 0 Å². The van der Waals surface area contributed by atoms with E-state index in [4.69, 9.17) is 9.47 Å². The molecule has 1 aromatic rings. The molecule has 4 heteroatoms. The molecule has 0 heterocycles. The van der Waals surface area contributed by atoms with E-state index < -0.39 is 0 Å². The summed E-state index contributed by atoms with van der Waals surface area (Å²) in [7, 11) is 0. The Morgan fingerprint density at radius 2 is 2.00 bits per heavy atom. The molecular formula is C15H23NO3. The van der Waals surface area contributed by atoms with Crippen LogP contribution in [-0.2, 0) is 16.1 Å². The van der Waals surface area contributed by atoms with Crippen LogP contribution in [0.1, 0.15) is 33.3 Å². The highest BCUT2D eigenvalue weighted by molar-refractivity contribution is 5.71. The molecule has 0 aliphatic rings. The Morgan fingerprint density at radius 3 is 2.63 bits per heavy atom.